The molecule has 2 aromatic carbocycles. The number of halogens is 1. The van der Waals surface area contributed by atoms with Crippen LogP contribution >= 0.6 is 11.6 Å². The molecule has 0 fully saturated rings. The largest absolute Gasteiger partial charge is 0.476 e. The lowest BCUT2D eigenvalue weighted by atomic mass is 10.1. The van der Waals surface area contributed by atoms with Crippen molar-refractivity contribution in [1.82, 2.24) is 0 Å². The van der Waals surface area contributed by atoms with E-state index >= 15 is 0 Å². The van der Waals surface area contributed by atoms with Crippen molar-refractivity contribution in [3.05, 3.63) is 52.5 Å². The molecule has 0 radical (unpaired) electrons. The number of amides is 1. The highest BCUT2D eigenvalue weighted by Crippen LogP contribution is 2.37. The number of carbonyl (C=O) groups is 3. The Morgan fingerprint density at radius 3 is 2.41 bits per heavy atom. The fourth-order valence-corrected chi connectivity index (χ4v) is 4.14. The Balaban J connectivity index is 1.95. The molecule has 3 rings (SSSR count). The van der Waals surface area contributed by atoms with Crippen molar-refractivity contribution in [2.45, 2.75) is 6.10 Å². The molecule has 1 heterocycles. The molecular formula is C20H19ClN2O8S. The van der Waals surface area contributed by atoms with Gasteiger partial charge in [-0.1, -0.05) is 11.6 Å². The van der Waals surface area contributed by atoms with E-state index in [1.807, 2.05) is 0 Å². The van der Waals surface area contributed by atoms with E-state index in [1.54, 1.807) is 0 Å². The van der Waals surface area contributed by atoms with E-state index < -0.39 is 34.0 Å². The van der Waals surface area contributed by atoms with Gasteiger partial charge >= 0.3 is 11.9 Å². The molecule has 0 bridgehead atoms. The first-order chi connectivity index (χ1) is 15.0. The fourth-order valence-electron chi connectivity index (χ4n) is 3.07. The normalized spacial score (nSPS) is 15.2. The van der Waals surface area contributed by atoms with Crippen molar-refractivity contribution in [1.29, 1.82) is 0 Å². The number of nitrogens with zero attached hydrogens (tertiary/aromatic N) is 1. The summed E-state index contributed by atoms with van der Waals surface area (Å²) in [5.41, 5.74) is 0.238. The zero-order chi connectivity index (χ0) is 23.6. The number of esters is 2. The summed E-state index contributed by atoms with van der Waals surface area (Å²) in [6.45, 7) is -0.331. The van der Waals surface area contributed by atoms with Crippen molar-refractivity contribution in [2.75, 3.05) is 36.6 Å². The molecular weight excluding hydrogens is 464 g/mol. The Bertz CT molecular complexity index is 1200. The van der Waals surface area contributed by atoms with Gasteiger partial charge in [0.2, 0.25) is 10.0 Å². The average molecular weight is 483 g/mol. The van der Waals surface area contributed by atoms with E-state index in [2.05, 4.69) is 10.1 Å². The summed E-state index contributed by atoms with van der Waals surface area (Å²) in [4.78, 5) is 36.9. The minimum absolute atomic E-state index is 0.0172. The number of hydrogen-bond donors (Lipinski definition) is 1. The van der Waals surface area contributed by atoms with Gasteiger partial charge in [-0.15, -0.1) is 0 Å². The van der Waals surface area contributed by atoms with E-state index in [9.17, 15) is 22.8 Å². The van der Waals surface area contributed by atoms with E-state index in [4.69, 9.17) is 21.1 Å². The van der Waals surface area contributed by atoms with Crippen molar-refractivity contribution in [2.24, 2.45) is 0 Å². The minimum Gasteiger partial charge on any atom is -0.476 e. The van der Waals surface area contributed by atoms with Crippen LogP contribution in [0.2, 0.25) is 5.02 Å². The highest BCUT2D eigenvalue weighted by Gasteiger charge is 2.35. The molecule has 10 nitrogen and oxygen atoms in total. The van der Waals surface area contributed by atoms with Gasteiger partial charge in [0.25, 0.3) is 5.91 Å². The first kappa shape index (κ1) is 23.4. The smallest absolute Gasteiger partial charge is 0.339 e. The van der Waals surface area contributed by atoms with Gasteiger partial charge in [-0.2, -0.15) is 0 Å². The molecule has 170 valence electrons. The zero-order valence-corrected chi connectivity index (χ0v) is 18.8. The van der Waals surface area contributed by atoms with Gasteiger partial charge in [0.1, 0.15) is 5.75 Å². The lowest BCUT2D eigenvalue weighted by molar-refractivity contribution is -0.122. The third-order valence-electron chi connectivity index (χ3n) is 4.59. The van der Waals surface area contributed by atoms with Gasteiger partial charge in [0.05, 0.1) is 49.5 Å². The maximum absolute atomic E-state index is 13.0. The number of rotatable bonds is 5. The van der Waals surface area contributed by atoms with Crippen LogP contribution in [0.15, 0.2) is 36.4 Å². The summed E-state index contributed by atoms with van der Waals surface area (Å²) in [5.74, 6) is -2.03. The summed E-state index contributed by atoms with van der Waals surface area (Å²) < 4.78 is 40.7. The van der Waals surface area contributed by atoms with E-state index in [1.165, 1.54) is 50.6 Å². The van der Waals surface area contributed by atoms with Gasteiger partial charge in [-0.3, -0.25) is 9.10 Å². The monoisotopic (exact) mass is 482 g/mol. The number of methoxy groups -OCH3 is 2. The van der Waals surface area contributed by atoms with Crippen molar-refractivity contribution < 1.29 is 37.0 Å². The van der Waals surface area contributed by atoms with Crippen LogP contribution in [0.25, 0.3) is 0 Å². The Hall–Kier alpha value is -3.31. The minimum atomic E-state index is -3.76. The Kier molecular flexibility index (Phi) is 6.60. The summed E-state index contributed by atoms with van der Waals surface area (Å²) in [7, 11) is -1.41. The summed E-state index contributed by atoms with van der Waals surface area (Å²) in [5, 5.41) is 2.81. The maximum Gasteiger partial charge on any atom is 0.339 e. The predicted octanol–water partition coefficient (Wildman–Crippen LogP) is 2.08. The zero-order valence-electron chi connectivity index (χ0n) is 17.2. The van der Waals surface area contributed by atoms with E-state index in [-0.39, 0.29) is 34.8 Å². The lowest BCUT2D eigenvalue weighted by Crippen LogP contribution is -2.48. The molecule has 0 aliphatic carbocycles. The molecule has 1 aliphatic heterocycles. The van der Waals surface area contributed by atoms with Crippen molar-refractivity contribution >= 4 is 50.8 Å². The van der Waals surface area contributed by atoms with Crippen LogP contribution in [0.3, 0.4) is 0 Å². The number of anilines is 2. The second-order valence-electron chi connectivity index (χ2n) is 6.75. The number of hydrogen-bond acceptors (Lipinski definition) is 8. The molecule has 1 amide bonds. The topological polar surface area (TPSA) is 128 Å². The van der Waals surface area contributed by atoms with Gasteiger partial charge in [-0.05, 0) is 36.4 Å². The second kappa shape index (κ2) is 9.05. The van der Waals surface area contributed by atoms with Gasteiger partial charge in [0.15, 0.2) is 6.10 Å². The van der Waals surface area contributed by atoms with Gasteiger partial charge in [0, 0.05) is 5.02 Å². The predicted molar refractivity (Wildman–Crippen MR) is 116 cm³/mol. The number of ether oxygens (including phenoxy) is 3. The first-order valence-corrected chi connectivity index (χ1v) is 11.3. The standard InChI is InChI=1S/C20H19ClN2O8S/c1-29-19(25)11-4-6-13(20(26)30-2)14(8-11)22-18(24)17-10-23(32(3,27)28)15-9-12(21)5-7-16(15)31-17/h4-9,17H,10H2,1-3H3,(H,22,24)/t17-/m0/s1. The Morgan fingerprint density at radius 2 is 1.78 bits per heavy atom. The van der Waals surface area contributed by atoms with Crippen LogP contribution in [0.5, 0.6) is 5.75 Å². The molecule has 0 spiro atoms. The van der Waals surface area contributed by atoms with E-state index in [0.717, 1.165) is 10.6 Å². The number of carbonyl (C=O) groups excluding carboxylic acids is 3. The highest BCUT2D eigenvalue weighted by atomic mass is 35.5. The number of sulfonamides is 1. The third kappa shape index (κ3) is 4.78. The molecule has 12 heteroatoms. The fraction of sp³-hybridized carbons (Fsp3) is 0.250. The molecule has 32 heavy (non-hydrogen) atoms. The van der Waals surface area contributed by atoms with Crippen molar-refractivity contribution in [3.8, 4) is 5.75 Å². The summed E-state index contributed by atoms with van der Waals surface area (Å²) in [6, 6.07) is 8.26. The van der Waals surface area contributed by atoms with Crippen LogP contribution in [-0.4, -0.2) is 59.4 Å². The summed E-state index contributed by atoms with van der Waals surface area (Å²) in [6.07, 6.45) is -0.265. The second-order valence-corrected chi connectivity index (χ2v) is 9.09. The first-order valence-electron chi connectivity index (χ1n) is 9.10. The molecule has 2 aromatic rings. The maximum atomic E-state index is 13.0. The van der Waals surface area contributed by atoms with Crippen LogP contribution < -0.4 is 14.4 Å². The van der Waals surface area contributed by atoms with Crippen LogP contribution in [0.4, 0.5) is 11.4 Å². The number of fused-ring (bicyclic) bond motifs is 1. The van der Waals surface area contributed by atoms with Crippen LogP contribution in [-0.2, 0) is 24.3 Å². The lowest BCUT2D eigenvalue weighted by Gasteiger charge is -2.34. The molecule has 0 saturated carbocycles. The number of nitrogens with one attached hydrogen (secondary N) is 1. The van der Waals surface area contributed by atoms with Crippen molar-refractivity contribution in [3.63, 3.8) is 0 Å². The SMILES string of the molecule is COC(=O)c1ccc(C(=O)OC)c(NC(=O)[C@@H]2CN(S(C)(=O)=O)c3cc(Cl)ccc3O2)c1. The Morgan fingerprint density at radius 1 is 1.09 bits per heavy atom. The molecule has 1 atom stereocenters. The Labute approximate surface area is 189 Å². The highest BCUT2D eigenvalue weighted by molar-refractivity contribution is 7.92. The summed E-state index contributed by atoms with van der Waals surface area (Å²) >= 11 is 5.97. The van der Waals surface area contributed by atoms with E-state index in [0.29, 0.717) is 5.02 Å². The number of benzene rings is 2. The van der Waals surface area contributed by atoms with Crippen LogP contribution in [0, 0.1) is 0 Å². The third-order valence-corrected chi connectivity index (χ3v) is 5.97. The molecule has 1 N–H and O–H groups in total. The quantitative estimate of drug-likeness (QED) is 0.641. The molecule has 0 aromatic heterocycles. The van der Waals surface area contributed by atoms with Crippen LogP contribution in [0.1, 0.15) is 20.7 Å². The molecule has 0 saturated heterocycles. The van der Waals surface area contributed by atoms with Gasteiger partial charge in [-0.25, -0.2) is 18.0 Å². The molecule has 1 aliphatic rings. The average Bonchev–Trinajstić information content (AvgIpc) is 2.76. The molecule has 0 unspecified atom stereocenters. The van der Waals surface area contributed by atoms with Gasteiger partial charge < -0.3 is 19.5 Å².